The van der Waals surface area contributed by atoms with Crippen molar-refractivity contribution in [2.24, 2.45) is 0 Å². The van der Waals surface area contributed by atoms with E-state index >= 15 is 0 Å². The average Bonchev–Trinajstić information content (AvgIpc) is 3.46. The minimum absolute atomic E-state index is 0.0311. The van der Waals surface area contributed by atoms with Gasteiger partial charge in [-0.05, 0) is 37.8 Å². The third kappa shape index (κ3) is 4.99. The molecule has 7 heteroatoms. The van der Waals surface area contributed by atoms with Crippen molar-refractivity contribution < 1.29 is 19.1 Å². The molecule has 1 aliphatic heterocycles. The summed E-state index contributed by atoms with van der Waals surface area (Å²) in [5.74, 6) is 0.365. The third-order valence-corrected chi connectivity index (χ3v) is 5.08. The zero-order valence-corrected chi connectivity index (χ0v) is 15.9. The number of hydrogen-bond acceptors (Lipinski definition) is 4. The number of hydrogen-bond donors (Lipinski definition) is 1. The van der Waals surface area contributed by atoms with E-state index in [9.17, 15) is 14.4 Å². The zero-order valence-electron chi connectivity index (χ0n) is 15.9. The Hall–Kier alpha value is -2.57. The van der Waals surface area contributed by atoms with Crippen molar-refractivity contribution in [3.63, 3.8) is 0 Å². The summed E-state index contributed by atoms with van der Waals surface area (Å²) in [4.78, 5) is 39.5. The first-order chi connectivity index (χ1) is 13.0. The van der Waals surface area contributed by atoms with Crippen LogP contribution in [-0.4, -0.2) is 59.3 Å². The van der Waals surface area contributed by atoms with Crippen LogP contribution in [0.15, 0.2) is 24.3 Å². The molecule has 1 saturated heterocycles. The van der Waals surface area contributed by atoms with Crippen LogP contribution in [0.2, 0.25) is 0 Å². The van der Waals surface area contributed by atoms with Crippen molar-refractivity contribution in [1.82, 2.24) is 9.80 Å². The molecule has 1 aromatic carbocycles. The van der Waals surface area contributed by atoms with Gasteiger partial charge in [0.25, 0.3) is 5.91 Å². The van der Waals surface area contributed by atoms with Gasteiger partial charge < -0.3 is 19.9 Å². The fourth-order valence-electron chi connectivity index (χ4n) is 3.62. The molecule has 0 aromatic heterocycles. The van der Waals surface area contributed by atoms with Gasteiger partial charge >= 0.3 is 0 Å². The summed E-state index contributed by atoms with van der Waals surface area (Å²) in [5.41, 5.74) is 0.561. The first kappa shape index (κ1) is 19.2. The van der Waals surface area contributed by atoms with Crippen LogP contribution in [0.4, 0.5) is 5.69 Å². The van der Waals surface area contributed by atoms with Gasteiger partial charge in [0.2, 0.25) is 11.8 Å². The van der Waals surface area contributed by atoms with E-state index in [1.54, 1.807) is 31.2 Å². The summed E-state index contributed by atoms with van der Waals surface area (Å²) in [6, 6.07) is 7.55. The molecule has 2 aliphatic rings. The fourth-order valence-corrected chi connectivity index (χ4v) is 3.62. The van der Waals surface area contributed by atoms with Crippen LogP contribution >= 0.6 is 0 Å². The number of rotatable bonds is 6. The highest BCUT2D eigenvalue weighted by Gasteiger charge is 2.38. The molecular weight excluding hydrogens is 346 g/mol. The molecule has 7 nitrogen and oxygen atoms in total. The van der Waals surface area contributed by atoms with Crippen molar-refractivity contribution in [3.8, 4) is 5.75 Å². The van der Waals surface area contributed by atoms with Gasteiger partial charge in [-0.3, -0.25) is 14.4 Å². The first-order valence-electron chi connectivity index (χ1n) is 9.52. The van der Waals surface area contributed by atoms with Gasteiger partial charge in [-0.2, -0.15) is 0 Å². The Morgan fingerprint density at radius 2 is 1.70 bits per heavy atom. The summed E-state index contributed by atoms with van der Waals surface area (Å²) < 4.78 is 5.74. The van der Waals surface area contributed by atoms with Crippen LogP contribution in [0.5, 0.6) is 5.75 Å². The van der Waals surface area contributed by atoms with Gasteiger partial charge in [0.15, 0.2) is 6.61 Å². The number of nitrogens with one attached hydrogen (secondary N) is 1. The normalized spacial score (nSPS) is 17.3. The van der Waals surface area contributed by atoms with E-state index in [1.165, 1.54) is 6.92 Å². The minimum Gasteiger partial charge on any atom is -0.482 e. The number of nitrogens with zero attached hydrogens (tertiary/aromatic N) is 2. The van der Waals surface area contributed by atoms with Crippen molar-refractivity contribution in [3.05, 3.63) is 24.3 Å². The lowest BCUT2D eigenvalue weighted by molar-refractivity contribution is -0.138. The number of piperidine rings is 1. The van der Waals surface area contributed by atoms with Gasteiger partial charge in [0.05, 0.1) is 5.69 Å². The topological polar surface area (TPSA) is 79.0 Å². The molecule has 2 fully saturated rings. The number of amides is 3. The second kappa shape index (κ2) is 8.41. The maximum absolute atomic E-state index is 12.9. The summed E-state index contributed by atoms with van der Waals surface area (Å²) in [5, 5.41) is 2.71. The molecule has 0 bridgehead atoms. The van der Waals surface area contributed by atoms with Gasteiger partial charge in [-0.15, -0.1) is 0 Å². The number of anilines is 1. The number of benzene rings is 1. The fraction of sp³-hybridized carbons (Fsp3) is 0.550. The summed E-state index contributed by atoms with van der Waals surface area (Å²) in [7, 11) is 0. The van der Waals surface area contributed by atoms with E-state index in [0.717, 1.165) is 25.7 Å². The smallest absolute Gasteiger partial charge is 0.261 e. The highest BCUT2D eigenvalue weighted by atomic mass is 16.5. The lowest BCUT2D eigenvalue weighted by atomic mass is 10.0. The van der Waals surface area contributed by atoms with Gasteiger partial charge in [0.1, 0.15) is 5.75 Å². The number of likely N-dealkylation sites (tertiary alicyclic amines) is 1. The predicted octanol–water partition coefficient (Wildman–Crippen LogP) is 2.03. The van der Waals surface area contributed by atoms with Gasteiger partial charge in [-0.25, -0.2) is 0 Å². The summed E-state index contributed by atoms with van der Waals surface area (Å²) >= 11 is 0. The quantitative estimate of drug-likeness (QED) is 0.827. The molecule has 146 valence electrons. The third-order valence-electron chi connectivity index (χ3n) is 5.08. The van der Waals surface area contributed by atoms with Crippen molar-refractivity contribution in [2.45, 2.75) is 51.6 Å². The predicted molar refractivity (Wildman–Crippen MR) is 101 cm³/mol. The number of ether oxygens (including phenoxy) is 1. The van der Waals surface area contributed by atoms with Crippen LogP contribution in [0.3, 0.4) is 0 Å². The maximum Gasteiger partial charge on any atom is 0.261 e. The Morgan fingerprint density at radius 1 is 1.07 bits per heavy atom. The second-order valence-electron chi connectivity index (χ2n) is 7.24. The molecular formula is C20H27N3O4. The Kier molecular flexibility index (Phi) is 5.98. The SMILES string of the molecule is CC(=O)Nc1ccccc1OCC(=O)N(C1CC1)C1CCN(C(C)=O)CC1. The Balaban J connectivity index is 1.60. The van der Waals surface area contributed by atoms with Crippen LogP contribution < -0.4 is 10.1 Å². The Morgan fingerprint density at radius 3 is 2.30 bits per heavy atom. The van der Waals surface area contributed by atoms with E-state index in [-0.39, 0.29) is 30.4 Å². The van der Waals surface area contributed by atoms with E-state index in [4.69, 9.17) is 4.74 Å². The van der Waals surface area contributed by atoms with Crippen molar-refractivity contribution in [2.75, 3.05) is 25.0 Å². The molecule has 27 heavy (non-hydrogen) atoms. The minimum atomic E-state index is -0.186. The molecule has 1 heterocycles. The highest BCUT2D eigenvalue weighted by Crippen LogP contribution is 2.32. The zero-order chi connectivity index (χ0) is 19.4. The Bertz CT molecular complexity index is 709. The Labute approximate surface area is 159 Å². The van der Waals surface area contributed by atoms with Crippen LogP contribution in [0, 0.1) is 0 Å². The molecule has 1 aromatic rings. The molecule has 1 aliphatic carbocycles. The molecule has 3 amide bonds. The number of carbonyl (C=O) groups is 3. The van der Waals surface area contributed by atoms with Crippen molar-refractivity contribution in [1.29, 1.82) is 0 Å². The lowest BCUT2D eigenvalue weighted by Crippen LogP contribution is -2.50. The van der Waals surface area contributed by atoms with E-state index in [0.29, 0.717) is 30.6 Å². The second-order valence-corrected chi connectivity index (χ2v) is 7.24. The molecule has 1 N–H and O–H groups in total. The maximum atomic E-state index is 12.9. The van der Waals surface area contributed by atoms with Crippen LogP contribution in [0.25, 0.3) is 0 Å². The highest BCUT2D eigenvalue weighted by molar-refractivity contribution is 5.90. The molecule has 0 unspecified atom stereocenters. The summed E-state index contributed by atoms with van der Waals surface area (Å²) in [6.45, 7) is 4.36. The van der Waals surface area contributed by atoms with E-state index in [2.05, 4.69) is 5.32 Å². The lowest BCUT2D eigenvalue weighted by Gasteiger charge is -2.38. The van der Waals surface area contributed by atoms with Gasteiger partial charge in [-0.1, -0.05) is 12.1 Å². The standard InChI is InChI=1S/C20H27N3O4/c1-14(24)21-18-5-3-4-6-19(18)27-13-20(26)23(16-7-8-16)17-9-11-22(12-10-17)15(2)25/h3-6,16-17H,7-13H2,1-2H3,(H,21,24). The first-order valence-corrected chi connectivity index (χ1v) is 9.52. The molecule has 0 atom stereocenters. The van der Waals surface area contributed by atoms with Gasteiger partial charge in [0, 0.05) is 39.0 Å². The largest absolute Gasteiger partial charge is 0.482 e. The average molecular weight is 373 g/mol. The van der Waals surface area contributed by atoms with E-state index in [1.807, 2.05) is 9.80 Å². The molecule has 0 radical (unpaired) electrons. The molecule has 0 spiro atoms. The van der Waals surface area contributed by atoms with E-state index < -0.39 is 0 Å². The molecule has 1 saturated carbocycles. The number of carbonyl (C=O) groups excluding carboxylic acids is 3. The van der Waals surface area contributed by atoms with Crippen LogP contribution in [0.1, 0.15) is 39.5 Å². The molecule has 3 rings (SSSR count). The monoisotopic (exact) mass is 373 g/mol. The van der Waals surface area contributed by atoms with Crippen molar-refractivity contribution >= 4 is 23.4 Å². The summed E-state index contributed by atoms with van der Waals surface area (Å²) in [6.07, 6.45) is 3.68. The van der Waals surface area contributed by atoms with Crippen LogP contribution in [-0.2, 0) is 14.4 Å². The number of para-hydroxylation sites is 2.